The number of hydrogen-bond acceptors (Lipinski definition) is 4. The molecule has 158 valence electrons. The summed E-state index contributed by atoms with van der Waals surface area (Å²) < 4.78 is 5.89. The lowest BCUT2D eigenvalue weighted by Gasteiger charge is -2.28. The third-order valence-electron chi connectivity index (χ3n) is 5.09. The zero-order chi connectivity index (χ0) is 21.5. The Kier molecular flexibility index (Phi) is 7.25. The van der Waals surface area contributed by atoms with E-state index < -0.39 is 6.10 Å². The van der Waals surface area contributed by atoms with Crippen LogP contribution in [-0.2, 0) is 6.61 Å². The van der Waals surface area contributed by atoms with Gasteiger partial charge in [0.25, 0.3) is 0 Å². The molecule has 0 aliphatic rings. The fourth-order valence-corrected chi connectivity index (χ4v) is 3.34. The summed E-state index contributed by atoms with van der Waals surface area (Å²) in [5.74, 6) is 0.652. The number of carbonyl (C=O) groups is 1. The summed E-state index contributed by atoms with van der Waals surface area (Å²) in [6, 6.07) is 19.2. The van der Waals surface area contributed by atoms with Crippen molar-refractivity contribution >= 4 is 16.9 Å². The van der Waals surface area contributed by atoms with Crippen molar-refractivity contribution < 1.29 is 14.6 Å². The van der Waals surface area contributed by atoms with Crippen LogP contribution in [0.4, 0.5) is 4.79 Å². The lowest BCUT2D eigenvalue weighted by Crippen LogP contribution is -2.42. The number of hydrogen-bond donors (Lipinski definition) is 1. The fourth-order valence-electron chi connectivity index (χ4n) is 3.34. The zero-order valence-corrected chi connectivity index (χ0v) is 17.8. The molecule has 30 heavy (non-hydrogen) atoms. The minimum absolute atomic E-state index is 0.0890. The van der Waals surface area contributed by atoms with Crippen molar-refractivity contribution in [2.45, 2.75) is 26.6 Å². The van der Waals surface area contributed by atoms with Crippen molar-refractivity contribution in [2.24, 2.45) is 0 Å². The normalized spacial score (nSPS) is 11.9. The van der Waals surface area contributed by atoms with E-state index in [1.807, 2.05) is 68.4 Å². The Bertz CT molecular complexity index is 988. The van der Waals surface area contributed by atoms with Gasteiger partial charge in [-0.15, -0.1) is 0 Å². The van der Waals surface area contributed by atoms with E-state index in [4.69, 9.17) is 4.74 Å². The SMILES string of the molecule is CCN(CC)C(=O)N(C)C[C@@H](O)c1cccc(OCc2ccc3ccccc3n2)c1. The number of pyridine rings is 1. The number of likely N-dealkylation sites (N-methyl/N-ethyl adjacent to an activating group) is 1. The molecule has 0 aliphatic carbocycles. The maximum Gasteiger partial charge on any atom is 0.319 e. The highest BCUT2D eigenvalue weighted by Gasteiger charge is 2.19. The third-order valence-corrected chi connectivity index (χ3v) is 5.09. The van der Waals surface area contributed by atoms with Gasteiger partial charge in [-0.05, 0) is 43.7 Å². The lowest BCUT2D eigenvalue weighted by molar-refractivity contribution is 0.115. The Morgan fingerprint density at radius 2 is 1.83 bits per heavy atom. The van der Waals surface area contributed by atoms with Gasteiger partial charge in [-0.3, -0.25) is 0 Å². The number of para-hydroxylation sites is 1. The number of rotatable bonds is 8. The van der Waals surface area contributed by atoms with Crippen LogP contribution in [0.25, 0.3) is 10.9 Å². The van der Waals surface area contributed by atoms with Gasteiger partial charge in [-0.25, -0.2) is 9.78 Å². The summed E-state index contributed by atoms with van der Waals surface area (Å²) in [6.07, 6.45) is -0.795. The summed E-state index contributed by atoms with van der Waals surface area (Å²) >= 11 is 0. The Morgan fingerprint density at radius 3 is 2.60 bits per heavy atom. The number of fused-ring (bicyclic) bond motifs is 1. The van der Waals surface area contributed by atoms with Crippen LogP contribution in [0.1, 0.15) is 31.2 Å². The summed E-state index contributed by atoms with van der Waals surface area (Å²) in [4.78, 5) is 20.3. The van der Waals surface area contributed by atoms with E-state index in [1.165, 1.54) is 0 Å². The summed E-state index contributed by atoms with van der Waals surface area (Å²) in [6.45, 7) is 5.72. The number of aliphatic hydroxyl groups is 1. The molecule has 0 unspecified atom stereocenters. The molecular weight excluding hydrogens is 378 g/mol. The van der Waals surface area contributed by atoms with Gasteiger partial charge in [0.2, 0.25) is 0 Å². The number of benzene rings is 2. The largest absolute Gasteiger partial charge is 0.487 e. The molecule has 3 aromatic rings. The van der Waals surface area contributed by atoms with Crippen molar-refractivity contribution in [1.29, 1.82) is 0 Å². The minimum atomic E-state index is -0.795. The lowest BCUT2D eigenvalue weighted by atomic mass is 10.1. The molecule has 6 heteroatoms. The molecule has 1 atom stereocenters. The molecule has 2 aromatic carbocycles. The van der Waals surface area contributed by atoms with E-state index >= 15 is 0 Å². The third kappa shape index (κ3) is 5.27. The van der Waals surface area contributed by atoms with Crippen molar-refractivity contribution in [2.75, 3.05) is 26.7 Å². The predicted octanol–water partition coefficient (Wildman–Crippen LogP) is 4.24. The minimum Gasteiger partial charge on any atom is -0.487 e. The smallest absolute Gasteiger partial charge is 0.319 e. The van der Waals surface area contributed by atoms with E-state index in [2.05, 4.69) is 4.98 Å². The number of amides is 2. The van der Waals surface area contributed by atoms with Gasteiger partial charge in [-0.2, -0.15) is 0 Å². The van der Waals surface area contributed by atoms with Crippen LogP contribution in [0.15, 0.2) is 60.7 Å². The highest BCUT2D eigenvalue weighted by molar-refractivity contribution is 5.78. The maximum atomic E-state index is 12.4. The van der Waals surface area contributed by atoms with Gasteiger partial charge in [0.1, 0.15) is 12.4 Å². The molecule has 6 nitrogen and oxygen atoms in total. The molecule has 1 heterocycles. The fraction of sp³-hybridized carbons (Fsp3) is 0.333. The average molecular weight is 408 g/mol. The molecule has 3 rings (SSSR count). The summed E-state index contributed by atoms with van der Waals surface area (Å²) in [5, 5.41) is 11.7. The van der Waals surface area contributed by atoms with Gasteiger partial charge < -0.3 is 19.6 Å². The monoisotopic (exact) mass is 407 g/mol. The van der Waals surface area contributed by atoms with Gasteiger partial charge in [0, 0.05) is 25.5 Å². The second-order valence-corrected chi connectivity index (χ2v) is 7.21. The second-order valence-electron chi connectivity index (χ2n) is 7.21. The molecule has 0 radical (unpaired) electrons. The highest BCUT2D eigenvalue weighted by atomic mass is 16.5. The van der Waals surface area contributed by atoms with Crippen molar-refractivity contribution in [3.8, 4) is 5.75 Å². The van der Waals surface area contributed by atoms with Crippen LogP contribution < -0.4 is 4.74 Å². The molecule has 2 amide bonds. The van der Waals surface area contributed by atoms with Gasteiger partial charge >= 0.3 is 6.03 Å². The van der Waals surface area contributed by atoms with E-state index in [9.17, 15) is 9.90 Å². The molecule has 0 bridgehead atoms. The van der Waals surface area contributed by atoms with Crippen LogP contribution in [0.5, 0.6) is 5.75 Å². The first-order valence-corrected chi connectivity index (χ1v) is 10.3. The van der Waals surface area contributed by atoms with Crippen molar-refractivity contribution in [1.82, 2.24) is 14.8 Å². The Labute approximate surface area is 177 Å². The van der Waals surface area contributed by atoms with E-state index in [-0.39, 0.29) is 12.6 Å². The molecule has 1 aromatic heterocycles. The van der Waals surface area contributed by atoms with E-state index in [1.54, 1.807) is 22.9 Å². The number of aliphatic hydroxyl groups excluding tert-OH is 1. The van der Waals surface area contributed by atoms with Crippen LogP contribution in [0.2, 0.25) is 0 Å². The molecule has 0 aliphatic heterocycles. The second kappa shape index (κ2) is 10.1. The number of urea groups is 1. The van der Waals surface area contributed by atoms with Crippen LogP contribution in [-0.4, -0.2) is 52.6 Å². The Hall–Kier alpha value is -3.12. The first kappa shape index (κ1) is 21.6. The molecule has 0 fully saturated rings. The molecule has 1 N–H and O–H groups in total. The molecular formula is C24H29N3O3. The van der Waals surface area contributed by atoms with E-state index in [0.717, 1.165) is 16.6 Å². The number of aromatic nitrogens is 1. The first-order valence-electron chi connectivity index (χ1n) is 10.3. The number of nitrogens with zero attached hydrogens (tertiary/aromatic N) is 3. The highest BCUT2D eigenvalue weighted by Crippen LogP contribution is 2.21. The standard InChI is InChI=1S/C24H29N3O3/c1-4-27(5-2)24(29)26(3)16-23(28)19-10-8-11-21(15-19)30-17-20-14-13-18-9-6-7-12-22(18)25-20/h6-15,23,28H,4-5,16-17H2,1-3H3/t23-/m1/s1. The van der Waals surface area contributed by atoms with Gasteiger partial charge in [0.05, 0.1) is 23.9 Å². The van der Waals surface area contributed by atoms with Crippen LogP contribution in [0.3, 0.4) is 0 Å². The average Bonchev–Trinajstić information content (AvgIpc) is 2.78. The molecule has 0 saturated heterocycles. The Morgan fingerprint density at radius 1 is 1.07 bits per heavy atom. The van der Waals surface area contributed by atoms with Crippen molar-refractivity contribution in [3.63, 3.8) is 0 Å². The predicted molar refractivity (Wildman–Crippen MR) is 118 cm³/mol. The summed E-state index contributed by atoms with van der Waals surface area (Å²) in [7, 11) is 1.70. The molecule has 0 spiro atoms. The van der Waals surface area contributed by atoms with Crippen LogP contribution >= 0.6 is 0 Å². The first-order chi connectivity index (χ1) is 14.5. The van der Waals surface area contributed by atoms with E-state index in [0.29, 0.717) is 31.0 Å². The molecule has 0 saturated carbocycles. The zero-order valence-electron chi connectivity index (χ0n) is 17.8. The maximum absolute atomic E-state index is 12.4. The Balaban J connectivity index is 1.62. The van der Waals surface area contributed by atoms with Gasteiger partial charge in [0.15, 0.2) is 0 Å². The quantitative estimate of drug-likeness (QED) is 0.607. The topological polar surface area (TPSA) is 65.9 Å². The number of carbonyl (C=O) groups excluding carboxylic acids is 1. The van der Waals surface area contributed by atoms with Crippen molar-refractivity contribution in [3.05, 3.63) is 71.9 Å². The number of ether oxygens (including phenoxy) is 1. The van der Waals surface area contributed by atoms with Gasteiger partial charge in [-0.1, -0.05) is 36.4 Å². The van der Waals surface area contributed by atoms with Crippen LogP contribution in [0, 0.1) is 0 Å². The summed E-state index contributed by atoms with van der Waals surface area (Å²) in [5.41, 5.74) is 2.48.